The molecule has 5 heteroatoms. The lowest BCUT2D eigenvalue weighted by Gasteiger charge is -2.09. The number of hydrogen-bond acceptors (Lipinski definition) is 4. The molecule has 0 amide bonds. The van der Waals surface area contributed by atoms with E-state index in [0.717, 1.165) is 11.4 Å². The van der Waals surface area contributed by atoms with Crippen molar-refractivity contribution < 1.29 is 0 Å². The fraction of sp³-hybridized carbons (Fsp3) is 0. The Labute approximate surface area is 105 Å². The van der Waals surface area contributed by atoms with E-state index in [1.807, 2.05) is 30.3 Å². The van der Waals surface area contributed by atoms with Gasteiger partial charge in [-0.1, -0.05) is 18.2 Å². The van der Waals surface area contributed by atoms with E-state index in [2.05, 4.69) is 16.0 Å². The number of hydrazine groups is 1. The average Bonchev–Trinajstić information content (AvgIpc) is 2.38. The maximum atomic E-state index is 10.2. The van der Waals surface area contributed by atoms with Crippen molar-refractivity contribution in [1.29, 1.82) is 0 Å². The highest BCUT2D eigenvalue weighted by molar-refractivity contribution is 5.85. The van der Waals surface area contributed by atoms with Crippen LogP contribution in [-0.4, -0.2) is 0 Å². The zero-order valence-electron chi connectivity index (χ0n) is 8.96. The van der Waals surface area contributed by atoms with Gasteiger partial charge in [0.15, 0.2) is 0 Å². The second-order valence-corrected chi connectivity index (χ2v) is 3.25. The zero-order valence-corrected chi connectivity index (χ0v) is 9.78. The lowest BCUT2D eigenvalue weighted by molar-refractivity contribution is 1.40. The van der Waals surface area contributed by atoms with Crippen LogP contribution in [0.3, 0.4) is 0 Å². The Morgan fingerprint density at radius 1 is 0.765 bits per heavy atom. The van der Waals surface area contributed by atoms with Crippen molar-refractivity contribution in [3.05, 3.63) is 59.5 Å². The molecule has 17 heavy (non-hydrogen) atoms. The van der Waals surface area contributed by atoms with Gasteiger partial charge in [0.05, 0.1) is 11.4 Å². The first kappa shape index (κ1) is 13.0. The van der Waals surface area contributed by atoms with Crippen molar-refractivity contribution in [1.82, 2.24) is 0 Å². The summed E-state index contributed by atoms with van der Waals surface area (Å²) in [6.45, 7) is 0. The Morgan fingerprint density at radius 2 is 1.29 bits per heavy atom. The van der Waals surface area contributed by atoms with Gasteiger partial charge in [0.1, 0.15) is 5.69 Å². The Kier molecular flexibility index (Phi) is 4.97. The molecule has 2 rings (SSSR count). The molecule has 0 atom stereocenters. The molecule has 0 saturated heterocycles. The summed E-state index contributed by atoms with van der Waals surface area (Å²) < 4.78 is 0. The number of nitroso groups, excluding NO2 is 1. The van der Waals surface area contributed by atoms with Crippen molar-refractivity contribution in [3.8, 4) is 0 Å². The van der Waals surface area contributed by atoms with E-state index < -0.39 is 0 Å². The molecule has 0 bridgehead atoms. The van der Waals surface area contributed by atoms with Gasteiger partial charge in [-0.2, -0.15) is 0 Å². The molecule has 0 aliphatic carbocycles. The largest absolute Gasteiger partial charge is 0.301 e. The number of hydrogen-bond donors (Lipinski definition) is 2. The maximum Gasteiger partial charge on any atom is 0.108 e. The minimum atomic E-state index is 0. The summed E-state index contributed by atoms with van der Waals surface area (Å²) >= 11 is 0. The predicted molar refractivity (Wildman–Crippen MR) is 72.8 cm³/mol. The van der Waals surface area contributed by atoms with Crippen molar-refractivity contribution in [2.24, 2.45) is 5.18 Å². The van der Waals surface area contributed by atoms with Crippen molar-refractivity contribution in [3.63, 3.8) is 0 Å². The molecule has 0 fully saturated rings. The molecule has 4 nitrogen and oxygen atoms in total. The standard InChI is InChI=1S/C12H11N3O.ClH/c16-15-12-8-6-11(7-9-12)14-13-10-4-2-1-3-5-10;/h1-9,13-14H;1H. The summed E-state index contributed by atoms with van der Waals surface area (Å²) in [4.78, 5) is 10.2. The first-order valence-electron chi connectivity index (χ1n) is 4.89. The monoisotopic (exact) mass is 249 g/mol. The molecule has 88 valence electrons. The number of benzene rings is 2. The Bertz CT molecular complexity index is 459. The molecule has 2 N–H and O–H groups in total. The van der Waals surface area contributed by atoms with Crippen LogP contribution in [0.4, 0.5) is 17.1 Å². The van der Waals surface area contributed by atoms with Crippen LogP contribution < -0.4 is 10.9 Å². The third-order valence-electron chi connectivity index (χ3n) is 2.10. The Morgan fingerprint density at radius 3 is 1.82 bits per heavy atom. The van der Waals surface area contributed by atoms with Crippen molar-refractivity contribution in [2.45, 2.75) is 0 Å². The van der Waals surface area contributed by atoms with Gasteiger partial charge in [-0.15, -0.1) is 17.3 Å². The molecule has 0 spiro atoms. The first-order valence-corrected chi connectivity index (χ1v) is 4.89. The zero-order chi connectivity index (χ0) is 11.2. The van der Waals surface area contributed by atoms with Crippen LogP contribution in [0.5, 0.6) is 0 Å². The van der Waals surface area contributed by atoms with Gasteiger partial charge in [0.25, 0.3) is 0 Å². The number of nitrogens with one attached hydrogen (secondary N) is 2. The van der Waals surface area contributed by atoms with Crippen LogP contribution in [0, 0.1) is 4.91 Å². The molecule has 0 heterocycles. The van der Waals surface area contributed by atoms with Gasteiger partial charge < -0.3 is 10.9 Å². The van der Waals surface area contributed by atoms with Crippen molar-refractivity contribution >= 4 is 29.5 Å². The molecule has 2 aromatic carbocycles. The second-order valence-electron chi connectivity index (χ2n) is 3.25. The molecular weight excluding hydrogens is 238 g/mol. The van der Waals surface area contributed by atoms with E-state index in [-0.39, 0.29) is 12.4 Å². The number of rotatable bonds is 4. The number of anilines is 2. The van der Waals surface area contributed by atoms with Crippen LogP contribution in [0.25, 0.3) is 0 Å². The van der Waals surface area contributed by atoms with Crippen LogP contribution >= 0.6 is 12.4 Å². The molecule has 0 aliphatic rings. The fourth-order valence-electron chi connectivity index (χ4n) is 1.27. The molecule has 0 unspecified atom stereocenters. The Balaban J connectivity index is 0.00000144. The van der Waals surface area contributed by atoms with Gasteiger partial charge >= 0.3 is 0 Å². The minimum absolute atomic E-state index is 0. The summed E-state index contributed by atoms with van der Waals surface area (Å²) in [7, 11) is 0. The number of halogens is 1. The predicted octanol–water partition coefficient (Wildman–Crippen LogP) is 3.95. The fourth-order valence-corrected chi connectivity index (χ4v) is 1.27. The van der Waals surface area contributed by atoms with Crippen LogP contribution in [0.2, 0.25) is 0 Å². The minimum Gasteiger partial charge on any atom is -0.301 e. The van der Waals surface area contributed by atoms with E-state index in [1.54, 1.807) is 24.3 Å². The highest BCUT2D eigenvalue weighted by Gasteiger charge is 1.93. The molecule has 0 radical (unpaired) electrons. The summed E-state index contributed by atoms with van der Waals surface area (Å²) in [6.07, 6.45) is 0. The van der Waals surface area contributed by atoms with Crippen LogP contribution in [0.15, 0.2) is 59.8 Å². The molecule has 0 aromatic heterocycles. The Hall–Kier alpha value is -2.07. The van der Waals surface area contributed by atoms with E-state index in [1.165, 1.54) is 0 Å². The van der Waals surface area contributed by atoms with E-state index in [4.69, 9.17) is 0 Å². The third kappa shape index (κ3) is 3.77. The lowest BCUT2D eigenvalue weighted by atomic mass is 10.3. The van der Waals surface area contributed by atoms with Gasteiger partial charge in [-0.3, -0.25) is 0 Å². The van der Waals surface area contributed by atoms with Crippen molar-refractivity contribution in [2.75, 3.05) is 10.9 Å². The summed E-state index contributed by atoms with van der Waals surface area (Å²) in [5, 5.41) is 2.83. The molecular formula is C12H12ClN3O. The number of nitrogens with zero attached hydrogens (tertiary/aromatic N) is 1. The normalized spacial score (nSPS) is 8.94. The van der Waals surface area contributed by atoms with Gasteiger partial charge in [0, 0.05) is 0 Å². The molecule has 0 aliphatic heterocycles. The van der Waals surface area contributed by atoms with E-state index in [9.17, 15) is 4.91 Å². The average molecular weight is 250 g/mol. The summed E-state index contributed by atoms with van der Waals surface area (Å²) in [6, 6.07) is 16.6. The molecule has 2 aromatic rings. The highest BCUT2D eigenvalue weighted by atomic mass is 35.5. The third-order valence-corrected chi connectivity index (χ3v) is 2.10. The topological polar surface area (TPSA) is 53.5 Å². The first-order chi connectivity index (χ1) is 7.88. The smallest absolute Gasteiger partial charge is 0.108 e. The highest BCUT2D eigenvalue weighted by Crippen LogP contribution is 2.16. The van der Waals surface area contributed by atoms with E-state index in [0.29, 0.717) is 5.69 Å². The lowest BCUT2D eigenvalue weighted by Crippen LogP contribution is -2.07. The quantitative estimate of drug-likeness (QED) is 0.637. The van der Waals surface area contributed by atoms with Crippen LogP contribution in [0.1, 0.15) is 0 Å². The van der Waals surface area contributed by atoms with E-state index >= 15 is 0 Å². The summed E-state index contributed by atoms with van der Waals surface area (Å²) in [5.41, 5.74) is 8.32. The SMILES string of the molecule is Cl.O=Nc1ccc(NNc2ccccc2)cc1. The van der Waals surface area contributed by atoms with Gasteiger partial charge in [-0.05, 0) is 41.6 Å². The van der Waals surface area contributed by atoms with Gasteiger partial charge in [0.2, 0.25) is 0 Å². The molecule has 0 saturated carbocycles. The maximum absolute atomic E-state index is 10.2. The number of para-hydroxylation sites is 1. The summed E-state index contributed by atoms with van der Waals surface area (Å²) in [5.74, 6) is 0. The van der Waals surface area contributed by atoms with Crippen LogP contribution in [-0.2, 0) is 0 Å². The van der Waals surface area contributed by atoms with Gasteiger partial charge in [-0.25, -0.2) is 0 Å². The second kappa shape index (κ2) is 6.50.